The van der Waals surface area contributed by atoms with Gasteiger partial charge in [0.2, 0.25) is 21.8 Å². The van der Waals surface area contributed by atoms with Crippen LogP contribution >= 0.6 is 0 Å². The van der Waals surface area contributed by atoms with E-state index in [1.807, 2.05) is 32.0 Å². The summed E-state index contributed by atoms with van der Waals surface area (Å²) in [5, 5.41) is 2.89. The molecule has 2 heterocycles. The minimum Gasteiger partial charge on any atom is -0.379 e. The number of amides is 2. The first-order valence-corrected chi connectivity index (χ1v) is 12.4. The van der Waals surface area contributed by atoms with Crippen LogP contribution in [0.5, 0.6) is 0 Å². The maximum Gasteiger partial charge on any atom is 0.244 e. The molecule has 33 heavy (non-hydrogen) atoms. The highest BCUT2D eigenvalue weighted by molar-refractivity contribution is 7.89. The number of carbonyl (C=O) groups is 2. The van der Waals surface area contributed by atoms with Crippen LogP contribution in [-0.4, -0.2) is 57.4 Å². The van der Waals surface area contributed by atoms with Crippen LogP contribution in [0.4, 0.5) is 11.4 Å². The number of aryl methyl sites for hydroxylation is 1. The zero-order valence-electron chi connectivity index (χ0n) is 19.3. The number of nitrogens with zero attached hydrogens (tertiary/aromatic N) is 2. The van der Waals surface area contributed by atoms with E-state index in [0.717, 1.165) is 11.1 Å². The predicted octanol–water partition coefficient (Wildman–Crippen LogP) is 2.59. The van der Waals surface area contributed by atoms with E-state index in [0.29, 0.717) is 43.2 Å². The Bertz CT molecular complexity index is 1220. The third-order valence-electron chi connectivity index (χ3n) is 6.50. The quantitative estimate of drug-likeness (QED) is 0.723. The number of fused-ring (bicyclic) bond motifs is 1. The third-order valence-corrected chi connectivity index (χ3v) is 8.39. The standard InChI is InChI=1S/C24H29N3O5S/c1-16-6-5-7-20(17(16)2)25-22(28)15-27-21-9-8-18(14-19(21)24(3,4)23(27)29)33(30,31)26-10-12-32-13-11-26/h5-9,14H,10-13,15H2,1-4H3,(H,25,28). The van der Waals surface area contributed by atoms with Crippen LogP contribution in [0.15, 0.2) is 41.3 Å². The van der Waals surface area contributed by atoms with Gasteiger partial charge in [-0.25, -0.2) is 8.42 Å². The van der Waals surface area contributed by atoms with Crippen LogP contribution in [-0.2, 0) is 29.8 Å². The molecule has 0 aliphatic carbocycles. The van der Waals surface area contributed by atoms with Gasteiger partial charge in [-0.3, -0.25) is 9.59 Å². The monoisotopic (exact) mass is 471 g/mol. The Morgan fingerprint density at radius 3 is 2.52 bits per heavy atom. The van der Waals surface area contributed by atoms with E-state index in [-0.39, 0.29) is 23.3 Å². The normalized spacial score (nSPS) is 18.3. The summed E-state index contributed by atoms with van der Waals surface area (Å²) in [7, 11) is -3.70. The van der Waals surface area contributed by atoms with Crippen LogP contribution in [0.1, 0.15) is 30.5 Å². The van der Waals surface area contributed by atoms with Crippen LogP contribution in [0.3, 0.4) is 0 Å². The van der Waals surface area contributed by atoms with E-state index in [4.69, 9.17) is 4.74 Å². The van der Waals surface area contributed by atoms with Crippen molar-refractivity contribution < 1.29 is 22.7 Å². The van der Waals surface area contributed by atoms with Crippen LogP contribution in [0, 0.1) is 13.8 Å². The fourth-order valence-corrected chi connectivity index (χ4v) is 5.72. The molecule has 0 saturated carbocycles. The molecule has 2 aliphatic rings. The molecule has 0 radical (unpaired) electrons. The molecule has 0 atom stereocenters. The molecule has 176 valence electrons. The Balaban J connectivity index is 1.61. The predicted molar refractivity (Wildman–Crippen MR) is 126 cm³/mol. The number of carbonyl (C=O) groups excluding carboxylic acids is 2. The first-order valence-electron chi connectivity index (χ1n) is 10.9. The Hall–Kier alpha value is -2.75. The van der Waals surface area contributed by atoms with Gasteiger partial charge in [0, 0.05) is 24.5 Å². The van der Waals surface area contributed by atoms with Gasteiger partial charge in [0.15, 0.2) is 0 Å². The van der Waals surface area contributed by atoms with Crippen LogP contribution in [0.25, 0.3) is 0 Å². The molecule has 2 aromatic carbocycles. The topological polar surface area (TPSA) is 96.0 Å². The van der Waals surface area contributed by atoms with Crippen molar-refractivity contribution in [2.45, 2.75) is 38.0 Å². The first-order chi connectivity index (χ1) is 15.5. The molecule has 4 rings (SSSR count). The Kier molecular flexibility index (Phi) is 6.07. The number of hydrogen-bond donors (Lipinski definition) is 1. The highest BCUT2D eigenvalue weighted by Crippen LogP contribution is 2.42. The number of benzene rings is 2. The number of nitrogens with one attached hydrogen (secondary N) is 1. The van der Waals surface area contributed by atoms with Gasteiger partial charge in [-0.2, -0.15) is 4.31 Å². The molecule has 0 bridgehead atoms. The summed E-state index contributed by atoms with van der Waals surface area (Å²) >= 11 is 0. The molecule has 2 amide bonds. The Labute approximate surface area is 194 Å². The number of anilines is 2. The van der Waals surface area contributed by atoms with E-state index in [9.17, 15) is 18.0 Å². The van der Waals surface area contributed by atoms with Crippen molar-refractivity contribution in [2.75, 3.05) is 43.1 Å². The smallest absolute Gasteiger partial charge is 0.244 e. The molecule has 2 aromatic rings. The summed E-state index contributed by atoms with van der Waals surface area (Å²) < 4.78 is 32.9. The van der Waals surface area contributed by atoms with Gasteiger partial charge in [0.1, 0.15) is 6.54 Å². The van der Waals surface area contributed by atoms with Gasteiger partial charge >= 0.3 is 0 Å². The van der Waals surface area contributed by atoms with Crippen molar-refractivity contribution >= 4 is 33.2 Å². The number of hydrogen-bond acceptors (Lipinski definition) is 5. The van der Waals surface area contributed by atoms with E-state index < -0.39 is 15.4 Å². The zero-order chi connectivity index (χ0) is 24.0. The highest BCUT2D eigenvalue weighted by Gasteiger charge is 2.45. The van der Waals surface area contributed by atoms with Gasteiger partial charge in [0.25, 0.3) is 0 Å². The van der Waals surface area contributed by atoms with E-state index in [1.165, 1.54) is 15.3 Å². The van der Waals surface area contributed by atoms with Gasteiger partial charge in [-0.1, -0.05) is 12.1 Å². The molecular formula is C24H29N3O5S. The second-order valence-electron chi connectivity index (χ2n) is 9.01. The fraction of sp³-hybridized carbons (Fsp3) is 0.417. The summed E-state index contributed by atoms with van der Waals surface area (Å²) in [5.41, 5.74) is 2.94. The molecule has 1 N–H and O–H groups in total. The molecule has 0 aromatic heterocycles. The van der Waals surface area contributed by atoms with Crippen molar-refractivity contribution in [2.24, 2.45) is 0 Å². The highest BCUT2D eigenvalue weighted by atomic mass is 32.2. The summed E-state index contributed by atoms with van der Waals surface area (Å²) in [5.74, 6) is -0.555. The van der Waals surface area contributed by atoms with Crippen LogP contribution in [0.2, 0.25) is 0 Å². The van der Waals surface area contributed by atoms with Crippen molar-refractivity contribution in [3.63, 3.8) is 0 Å². The Morgan fingerprint density at radius 1 is 1.12 bits per heavy atom. The van der Waals surface area contributed by atoms with Crippen molar-refractivity contribution in [1.82, 2.24) is 4.31 Å². The minimum absolute atomic E-state index is 0.144. The second-order valence-corrected chi connectivity index (χ2v) is 10.9. The molecule has 1 saturated heterocycles. The second kappa shape index (κ2) is 8.55. The largest absolute Gasteiger partial charge is 0.379 e. The number of rotatable bonds is 5. The van der Waals surface area contributed by atoms with Crippen molar-refractivity contribution in [3.05, 3.63) is 53.1 Å². The molecule has 2 aliphatic heterocycles. The first kappa shape index (κ1) is 23.4. The molecular weight excluding hydrogens is 442 g/mol. The lowest BCUT2D eigenvalue weighted by Crippen LogP contribution is -2.41. The average Bonchev–Trinajstić information content (AvgIpc) is 2.98. The van der Waals surface area contributed by atoms with Gasteiger partial charge in [-0.05, 0) is 68.7 Å². The molecule has 0 unspecified atom stereocenters. The maximum absolute atomic E-state index is 13.2. The third kappa shape index (κ3) is 4.16. The summed E-state index contributed by atoms with van der Waals surface area (Å²) in [6.45, 7) is 8.56. The number of morpholine rings is 1. The summed E-state index contributed by atoms with van der Waals surface area (Å²) in [4.78, 5) is 27.6. The number of sulfonamides is 1. The molecule has 0 spiro atoms. The van der Waals surface area contributed by atoms with Gasteiger partial charge in [0.05, 0.1) is 23.5 Å². The lowest BCUT2D eigenvalue weighted by atomic mass is 9.86. The van der Waals surface area contributed by atoms with E-state index >= 15 is 0 Å². The minimum atomic E-state index is -3.70. The lowest BCUT2D eigenvalue weighted by Gasteiger charge is -2.26. The van der Waals surface area contributed by atoms with Crippen LogP contribution < -0.4 is 10.2 Å². The molecule has 8 nitrogen and oxygen atoms in total. The Morgan fingerprint density at radius 2 is 1.82 bits per heavy atom. The fourth-order valence-electron chi connectivity index (χ4n) is 4.29. The maximum atomic E-state index is 13.2. The van der Waals surface area contributed by atoms with Crippen molar-refractivity contribution in [3.8, 4) is 0 Å². The lowest BCUT2D eigenvalue weighted by molar-refractivity contribution is -0.124. The summed E-state index contributed by atoms with van der Waals surface area (Å²) in [6, 6.07) is 10.4. The SMILES string of the molecule is Cc1cccc(NC(=O)CN2C(=O)C(C)(C)c3cc(S(=O)(=O)N4CCOCC4)ccc32)c1C. The molecule has 9 heteroatoms. The zero-order valence-corrected chi connectivity index (χ0v) is 20.2. The average molecular weight is 472 g/mol. The van der Waals surface area contributed by atoms with Gasteiger partial charge in [-0.15, -0.1) is 0 Å². The summed E-state index contributed by atoms with van der Waals surface area (Å²) in [6.07, 6.45) is 0. The van der Waals surface area contributed by atoms with Gasteiger partial charge < -0.3 is 15.0 Å². The number of ether oxygens (including phenoxy) is 1. The molecule has 1 fully saturated rings. The van der Waals surface area contributed by atoms with E-state index in [2.05, 4.69) is 5.32 Å². The van der Waals surface area contributed by atoms with Crippen molar-refractivity contribution in [1.29, 1.82) is 0 Å². The van der Waals surface area contributed by atoms with E-state index in [1.54, 1.807) is 26.0 Å².